The summed E-state index contributed by atoms with van der Waals surface area (Å²) in [4.78, 5) is 23.2. The van der Waals surface area contributed by atoms with Crippen LogP contribution in [0.5, 0.6) is 0 Å². The van der Waals surface area contributed by atoms with Crippen LogP contribution in [0.25, 0.3) is 0 Å². The third-order valence-corrected chi connectivity index (χ3v) is 2.27. The number of rotatable bonds is 8. The van der Waals surface area contributed by atoms with Crippen LogP contribution in [0.4, 0.5) is 0 Å². The number of unbranched alkanes of at least 4 members (excludes halogenated alkanes) is 3. The molecular formula is C12H21NO3. The molecule has 0 unspecified atom stereocenters. The zero-order chi connectivity index (χ0) is 12.4. The highest BCUT2D eigenvalue weighted by Gasteiger charge is 2.06. The molecule has 92 valence electrons. The number of carbonyl (C=O) groups is 2. The van der Waals surface area contributed by atoms with Gasteiger partial charge < -0.3 is 10.0 Å². The first-order chi connectivity index (χ1) is 7.57. The molecule has 0 fully saturated rings. The van der Waals surface area contributed by atoms with E-state index in [9.17, 15) is 9.59 Å². The predicted octanol–water partition coefficient (Wildman–Crippen LogP) is 2.06. The van der Waals surface area contributed by atoms with Crippen molar-refractivity contribution < 1.29 is 14.7 Å². The van der Waals surface area contributed by atoms with Gasteiger partial charge in [-0.2, -0.15) is 0 Å². The molecule has 0 aliphatic heterocycles. The van der Waals surface area contributed by atoms with E-state index in [0.29, 0.717) is 0 Å². The van der Waals surface area contributed by atoms with E-state index in [2.05, 4.69) is 6.92 Å². The molecule has 0 spiro atoms. The van der Waals surface area contributed by atoms with Gasteiger partial charge in [-0.15, -0.1) is 0 Å². The number of carboxylic acids is 1. The van der Waals surface area contributed by atoms with Crippen LogP contribution in [0.15, 0.2) is 12.2 Å². The Morgan fingerprint density at radius 2 is 2.00 bits per heavy atom. The van der Waals surface area contributed by atoms with Crippen LogP contribution in [-0.4, -0.2) is 35.5 Å². The average Bonchev–Trinajstić information content (AvgIpc) is 2.25. The molecule has 0 aliphatic carbocycles. The second-order valence-electron chi connectivity index (χ2n) is 3.80. The quantitative estimate of drug-likeness (QED) is 0.510. The molecule has 0 aromatic heterocycles. The van der Waals surface area contributed by atoms with Crippen molar-refractivity contribution in [2.24, 2.45) is 0 Å². The maximum atomic E-state index is 11.4. The lowest BCUT2D eigenvalue weighted by molar-refractivity contribution is -0.137. The van der Waals surface area contributed by atoms with Gasteiger partial charge in [0, 0.05) is 13.6 Å². The summed E-state index contributed by atoms with van der Waals surface area (Å²) >= 11 is 0. The molecule has 0 aromatic rings. The van der Waals surface area contributed by atoms with Crippen molar-refractivity contribution in [3.05, 3.63) is 12.2 Å². The fourth-order valence-corrected chi connectivity index (χ4v) is 1.20. The standard InChI is InChI=1S/C12H21NO3/c1-3-4-5-6-7-8-11(14)13(2)10-9-12(15)16/h7-8H,3-6,9-10H2,1-2H3,(H,15,16). The van der Waals surface area contributed by atoms with Crippen molar-refractivity contribution in [1.29, 1.82) is 0 Å². The molecule has 16 heavy (non-hydrogen) atoms. The molecule has 4 nitrogen and oxygen atoms in total. The number of hydrogen-bond donors (Lipinski definition) is 1. The Bertz CT molecular complexity index is 249. The van der Waals surface area contributed by atoms with Gasteiger partial charge >= 0.3 is 5.97 Å². The third kappa shape index (κ3) is 8.03. The highest BCUT2D eigenvalue weighted by Crippen LogP contribution is 2.00. The number of carbonyl (C=O) groups excluding carboxylic acids is 1. The summed E-state index contributed by atoms with van der Waals surface area (Å²) in [5, 5.41) is 8.46. The summed E-state index contributed by atoms with van der Waals surface area (Å²) in [5.41, 5.74) is 0. The lowest BCUT2D eigenvalue weighted by Crippen LogP contribution is -2.27. The minimum absolute atomic E-state index is 0.00802. The first-order valence-corrected chi connectivity index (χ1v) is 5.71. The smallest absolute Gasteiger partial charge is 0.305 e. The van der Waals surface area contributed by atoms with Crippen molar-refractivity contribution in [1.82, 2.24) is 4.90 Å². The number of carboxylic acid groups (broad SMARTS) is 1. The summed E-state index contributed by atoms with van der Waals surface area (Å²) in [5.74, 6) is -1.01. The third-order valence-electron chi connectivity index (χ3n) is 2.27. The number of aliphatic carboxylic acids is 1. The molecule has 1 N–H and O–H groups in total. The highest BCUT2D eigenvalue weighted by atomic mass is 16.4. The summed E-state index contributed by atoms with van der Waals surface area (Å²) in [6.45, 7) is 2.39. The molecule has 0 bridgehead atoms. The Hall–Kier alpha value is -1.32. The summed E-state index contributed by atoms with van der Waals surface area (Å²) < 4.78 is 0. The second-order valence-corrected chi connectivity index (χ2v) is 3.80. The number of nitrogens with zero attached hydrogens (tertiary/aromatic N) is 1. The van der Waals surface area contributed by atoms with Gasteiger partial charge in [-0.05, 0) is 18.9 Å². The Kier molecular flexibility index (Phi) is 8.21. The van der Waals surface area contributed by atoms with Crippen molar-refractivity contribution in [3.8, 4) is 0 Å². The van der Waals surface area contributed by atoms with E-state index in [1.165, 1.54) is 23.8 Å². The van der Waals surface area contributed by atoms with E-state index in [0.717, 1.165) is 12.8 Å². The Labute approximate surface area is 96.9 Å². The van der Waals surface area contributed by atoms with Crippen molar-refractivity contribution in [2.45, 2.75) is 39.0 Å². The van der Waals surface area contributed by atoms with Gasteiger partial charge in [0.25, 0.3) is 0 Å². The first kappa shape index (κ1) is 14.7. The molecule has 0 saturated carbocycles. The van der Waals surface area contributed by atoms with Crippen LogP contribution < -0.4 is 0 Å². The van der Waals surface area contributed by atoms with Crippen molar-refractivity contribution in [2.75, 3.05) is 13.6 Å². The maximum Gasteiger partial charge on any atom is 0.305 e. The maximum absolute atomic E-state index is 11.4. The van der Waals surface area contributed by atoms with Gasteiger partial charge in [0.05, 0.1) is 6.42 Å². The van der Waals surface area contributed by atoms with Gasteiger partial charge in [0.2, 0.25) is 5.91 Å². The topological polar surface area (TPSA) is 57.6 Å². The normalized spacial score (nSPS) is 10.6. The number of likely N-dealkylation sites (N-methyl/N-ethyl adjacent to an activating group) is 1. The Morgan fingerprint density at radius 3 is 2.56 bits per heavy atom. The van der Waals surface area contributed by atoms with E-state index >= 15 is 0 Å². The van der Waals surface area contributed by atoms with Crippen LogP contribution in [0, 0.1) is 0 Å². The molecule has 0 rings (SSSR count). The van der Waals surface area contributed by atoms with Crippen LogP contribution in [0.2, 0.25) is 0 Å². The molecule has 0 aliphatic rings. The fraction of sp³-hybridized carbons (Fsp3) is 0.667. The van der Waals surface area contributed by atoms with Crippen LogP contribution in [0.1, 0.15) is 39.0 Å². The Morgan fingerprint density at radius 1 is 1.31 bits per heavy atom. The van der Waals surface area contributed by atoms with Gasteiger partial charge in [0.1, 0.15) is 0 Å². The fourth-order valence-electron chi connectivity index (χ4n) is 1.20. The van der Waals surface area contributed by atoms with Gasteiger partial charge in [-0.3, -0.25) is 9.59 Å². The van der Waals surface area contributed by atoms with Gasteiger partial charge in [-0.1, -0.05) is 25.8 Å². The summed E-state index contributed by atoms with van der Waals surface area (Å²) in [6.07, 6.45) is 7.72. The SMILES string of the molecule is CCCCCC=CC(=O)N(C)CCC(=O)O. The molecule has 0 heterocycles. The van der Waals surface area contributed by atoms with E-state index in [1.54, 1.807) is 7.05 Å². The minimum atomic E-state index is -0.883. The second kappa shape index (κ2) is 8.95. The van der Waals surface area contributed by atoms with Crippen LogP contribution >= 0.6 is 0 Å². The zero-order valence-corrected chi connectivity index (χ0v) is 10.1. The molecule has 0 saturated heterocycles. The van der Waals surface area contributed by atoms with Gasteiger partial charge in [-0.25, -0.2) is 0 Å². The Balaban J connectivity index is 3.73. The average molecular weight is 227 g/mol. The van der Waals surface area contributed by atoms with E-state index in [1.807, 2.05) is 6.08 Å². The molecule has 4 heteroatoms. The lowest BCUT2D eigenvalue weighted by Gasteiger charge is -2.12. The summed E-state index contributed by atoms with van der Waals surface area (Å²) in [7, 11) is 1.61. The van der Waals surface area contributed by atoms with E-state index in [4.69, 9.17) is 5.11 Å². The molecule has 1 amide bonds. The number of allylic oxidation sites excluding steroid dienone is 1. The summed E-state index contributed by atoms with van der Waals surface area (Å²) in [6, 6.07) is 0. The van der Waals surface area contributed by atoms with Crippen molar-refractivity contribution >= 4 is 11.9 Å². The van der Waals surface area contributed by atoms with Crippen molar-refractivity contribution in [3.63, 3.8) is 0 Å². The number of hydrogen-bond acceptors (Lipinski definition) is 2. The molecule has 0 atom stereocenters. The molecule has 0 aromatic carbocycles. The van der Waals surface area contributed by atoms with Gasteiger partial charge in [0.15, 0.2) is 0 Å². The predicted molar refractivity (Wildman–Crippen MR) is 63.2 cm³/mol. The minimum Gasteiger partial charge on any atom is -0.481 e. The highest BCUT2D eigenvalue weighted by molar-refractivity contribution is 5.87. The molecular weight excluding hydrogens is 206 g/mol. The van der Waals surface area contributed by atoms with Crippen LogP contribution in [-0.2, 0) is 9.59 Å². The zero-order valence-electron chi connectivity index (χ0n) is 10.1. The largest absolute Gasteiger partial charge is 0.481 e. The lowest BCUT2D eigenvalue weighted by atomic mass is 10.2. The van der Waals surface area contributed by atoms with Crippen LogP contribution in [0.3, 0.4) is 0 Å². The number of amides is 1. The molecule has 0 radical (unpaired) electrons. The van der Waals surface area contributed by atoms with E-state index < -0.39 is 5.97 Å². The first-order valence-electron chi connectivity index (χ1n) is 5.71. The monoisotopic (exact) mass is 227 g/mol. The van der Waals surface area contributed by atoms with E-state index in [-0.39, 0.29) is 18.9 Å².